The van der Waals surface area contributed by atoms with Crippen molar-refractivity contribution in [1.82, 2.24) is 19.9 Å². The number of aromatic nitrogens is 3. The highest BCUT2D eigenvalue weighted by molar-refractivity contribution is 6.42. The van der Waals surface area contributed by atoms with E-state index in [0.29, 0.717) is 35.8 Å². The second-order valence-corrected chi connectivity index (χ2v) is 7.48. The van der Waals surface area contributed by atoms with E-state index in [2.05, 4.69) is 26.8 Å². The fourth-order valence-electron chi connectivity index (χ4n) is 3.27. The molecule has 0 saturated carbocycles. The van der Waals surface area contributed by atoms with Gasteiger partial charge in [0.15, 0.2) is 5.82 Å². The number of carbonyl (C=O) groups excluding carboxylic acids is 1. The van der Waals surface area contributed by atoms with Gasteiger partial charge in [-0.1, -0.05) is 29.8 Å². The number of pyridine rings is 1. The lowest BCUT2D eigenvalue weighted by atomic mass is 10.2. The molecule has 1 fully saturated rings. The number of hydrogen-bond acceptors (Lipinski definition) is 6. The largest absolute Gasteiger partial charge is 0.339 e. The van der Waals surface area contributed by atoms with E-state index in [4.69, 9.17) is 23.2 Å². The monoisotopic (exact) mass is 446 g/mol. The maximum Gasteiger partial charge on any atom is 0.247 e. The molecule has 0 spiro atoms. The molecule has 10 heteroatoms. The molecule has 1 amide bonds. The number of rotatable bonds is 4. The molecule has 1 aromatic carbocycles. The average Bonchev–Trinajstić information content (AvgIpc) is 2.79. The summed E-state index contributed by atoms with van der Waals surface area (Å²) in [5.74, 6) is 0.273. The highest BCUT2D eigenvalue weighted by Crippen LogP contribution is 2.33. The molecule has 0 unspecified atom stereocenters. The van der Waals surface area contributed by atoms with Crippen molar-refractivity contribution in [2.75, 3.05) is 30.0 Å². The number of halogens is 3. The van der Waals surface area contributed by atoms with E-state index in [1.807, 2.05) is 11.0 Å². The summed E-state index contributed by atoms with van der Waals surface area (Å²) in [5.41, 5.74) is 0.733. The maximum atomic E-state index is 14.5. The molecule has 0 aliphatic carbocycles. The SMILES string of the molecule is C=CC(=O)N1CCCN(c2cc3c(Nc4ccc(Cl)c(Cl)c4F)ncnc3cn2)C1. The number of hydrogen-bond donors (Lipinski definition) is 1. The summed E-state index contributed by atoms with van der Waals surface area (Å²) < 4.78 is 14.5. The molecule has 2 aromatic heterocycles. The number of anilines is 3. The van der Waals surface area contributed by atoms with E-state index in [0.717, 1.165) is 13.0 Å². The van der Waals surface area contributed by atoms with Crippen LogP contribution in [-0.2, 0) is 4.79 Å². The van der Waals surface area contributed by atoms with E-state index >= 15 is 0 Å². The number of carbonyl (C=O) groups is 1. The Hall–Kier alpha value is -2.97. The van der Waals surface area contributed by atoms with Gasteiger partial charge >= 0.3 is 0 Å². The third kappa shape index (κ3) is 3.88. The fourth-order valence-corrected chi connectivity index (χ4v) is 3.58. The van der Waals surface area contributed by atoms with Gasteiger partial charge in [0.2, 0.25) is 5.91 Å². The minimum atomic E-state index is -0.667. The van der Waals surface area contributed by atoms with E-state index in [9.17, 15) is 9.18 Å². The average molecular weight is 447 g/mol. The Kier molecular flexibility index (Phi) is 5.69. The summed E-state index contributed by atoms with van der Waals surface area (Å²) in [7, 11) is 0. The molecule has 3 aromatic rings. The standard InChI is InChI=1S/C20H17Cl2FN6O/c1-2-17(30)29-7-3-6-28(11-29)16-8-12-15(9-24-16)25-10-26-20(12)27-14-5-4-13(21)18(22)19(14)23/h2,4-5,8-10H,1,3,6-7,11H2,(H,25,26,27). The summed E-state index contributed by atoms with van der Waals surface area (Å²) in [6.45, 7) is 5.37. The van der Waals surface area contributed by atoms with Crippen LogP contribution in [0, 0.1) is 5.82 Å². The molecule has 7 nitrogen and oxygen atoms in total. The van der Waals surface area contributed by atoms with Crippen molar-refractivity contribution in [1.29, 1.82) is 0 Å². The van der Waals surface area contributed by atoms with Gasteiger partial charge in [0.05, 0.1) is 34.1 Å². The Morgan fingerprint density at radius 1 is 1.23 bits per heavy atom. The van der Waals surface area contributed by atoms with Gasteiger partial charge in [0.1, 0.15) is 18.0 Å². The predicted molar refractivity (Wildman–Crippen MR) is 116 cm³/mol. The lowest BCUT2D eigenvalue weighted by molar-refractivity contribution is -0.126. The molecule has 0 radical (unpaired) electrons. The van der Waals surface area contributed by atoms with Crippen molar-refractivity contribution >= 4 is 57.3 Å². The summed E-state index contributed by atoms with van der Waals surface area (Å²) in [6, 6.07) is 4.81. The maximum absolute atomic E-state index is 14.5. The third-order valence-electron chi connectivity index (χ3n) is 4.80. The van der Waals surface area contributed by atoms with Gasteiger partial charge in [-0.3, -0.25) is 4.79 Å². The van der Waals surface area contributed by atoms with Gasteiger partial charge < -0.3 is 15.1 Å². The number of amides is 1. The topological polar surface area (TPSA) is 74.2 Å². The molecule has 0 bridgehead atoms. The van der Waals surface area contributed by atoms with Gasteiger partial charge in [0.25, 0.3) is 0 Å². The summed E-state index contributed by atoms with van der Waals surface area (Å²) in [6.07, 6.45) is 5.10. The van der Waals surface area contributed by atoms with Crippen molar-refractivity contribution in [2.45, 2.75) is 6.42 Å². The molecule has 30 heavy (non-hydrogen) atoms. The van der Waals surface area contributed by atoms with E-state index in [-0.39, 0.29) is 21.6 Å². The molecule has 1 N–H and O–H groups in total. The first-order valence-electron chi connectivity index (χ1n) is 9.15. The fraction of sp³-hybridized carbons (Fsp3) is 0.200. The molecule has 4 rings (SSSR count). The Morgan fingerprint density at radius 3 is 2.87 bits per heavy atom. The molecule has 0 atom stereocenters. The lowest BCUT2D eigenvalue weighted by Crippen LogP contribution is -2.47. The van der Waals surface area contributed by atoms with Crippen LogP contribution in [0.5, 0.6) is 0 Å². The Balaban J connectivity index is 1.68. The van der Waals surface area contributed by atoms with Crippen molar-refractivity contribution < 1.29 is 9.18 Å². The normalized spacial score (nSPS) is 14.1. The molecule has 1 aliphatic heterocycles. The minimum Gasteiger partial charge on any atom is -0.339 e. The quantitative estimate of drug-likeness (QED) is 0.472. The van der Waals surface area contributed by atoms with Crippen LogP contribution in [0.4, 0.5) is 21.7 Å². The van der Waals surface area contributed by atoms with Crippen LogP contribution in [0.15, 0.2) is 43.4 Å². The van der Waals surface area contributed by atoms with E-state index in [1.165, 1.54) is 24.5 Å². The highest BCUT2D eigenvalue weighted by Gasteiger charge is 2.22. The van der Waals surface area contributed by atoms with Crippen molar-refractivity contribution in [2.24, 2.45) is 0 Å². The Labute approximate surface area is 182 Å². The van der Waals surface area contributed by atoms with Gasteiger partial charge in [-0.25, -0.2) is 19.3 Å². The van der Waals surface area contributed by atoms with Crippen LogP contribution < -0.4 is 10.2 Å². The number of nitrogens with one attached hydrogen (secondary N) is 1. The van der Waals surface area contributed by atoms with Crippen LogP contribution in [0.2, 0.25) is 10.0 Å². The molecule has 1 saturated heterocycles. The number of nitrogens with zero attached hydrogens (tertiary/aromatic N) is 5. The van der Waals surface area contributed by atoms with Crippen molar-refractivity contribution in [3.05, 3.63) is 59.2 Å². The first kappa shape index (κ1) is 20.3. The number of benzene rings is 1. The zero-order chi connectivity index (χ0) is 21.3. The zero-order valence-electron chi connectivity index (χ0n) is 15.8. The third-order valence-corrected chi connectivity index (χ3v) is 5.58. The van der Waals surface area contributed by atoms with Crippen LogP contribution in [0.25, 0.3) is 10.9 Å². The van der Waals surface area contributed by atoms with Crippen LogP contribution in [0.3, 0.4) is 0 Å². The van der Waals surface area contributed by atoms with E-state index < -0.39 is 5.82 Å². The highest BCUT2D eigenvalue weighted by atomic mass is 35.5. The van der Waals surface area contributed by atoms with Crippen LogP contribution >= 0.6 is 23.2 Å². The second kappa shape index (κ2) is 8.41. The first-order chi connectivity index (χ1) is 14.5. The lowest BCUT2D eigenvalue weighted by Gasteiger charge is -2.35. The van der Waals surface area contributed by atoms with Gasteiger partial charge in [0, 0.05) is 18.5 Å². The zero-order valence-corrected chi connectivity index (χ0v) is 17.3. The van der Waals surface area contributed by atoms with Gasteiger partial charge in [-0.15, -0.1) is 0 Å². The molecular formula is C20H17Cl2FN6O. The first-order valence-corrected chi connectivity index (χ1v) is 9.91. The number of fused-ring (bicyclic) bond motifs is 1. The van der Waals surface area contributed by atoms with Crippen LogP contribution in [0.1, 0.15) is 6.42 Å². The van der Waals surface area contributed by atoms with Crippen molar-refractivity contribution in [3.8, 4) is 0 Å². The Bertz CT molecular complexity index is 1140. The predicted octanol–water partition coefficient (Wildman–Crippen LogP) is 4.40. The summed E-state index contributed by atoms with van der Waals surface area (Å²) in [5, 5.41) is 3.57. The van der Waals surface area contributed by atoms with E-state index in [1.54, 1.807) is 11.1 Å². The smallest absolute Gasteiger partial charge is 0.247 e. The van der Waals surface area contributed by atoms with Gasteiger partial charge in [-0.2, -0.15) is 0 Å². The molecule has 3 heterocycles. The summed E-state index contributed by atoms with van der Waals surface area (Å²) in [4.78, 5) is 28.6. The minimum absolute atomic E-state index is 0.124. The van der Waals surface area contributed by atoms with Crippen LogP contribution in [-0.4, -0.2) is 45.5 Å². The second-order valence-electron chi connectivity index (χ2n) is 6.69. The van der Waals surface area contributed by atoms with Crippen molar-refractivity contribution in [3.63, 3.8) is 0 Å². The molecule has 154 valence electrons. The molecular weight excluding hydrogens is 430 g/mol. The van der Waals surface area contributed by atoms with Gasteiger partial charge in [-0.05, 0) is 30.7 Å². The summed E-state index contributed by atoms with van der Waals surface area (Å²) >= 11 is 11.8. The Morgan fingerprint density at radius 2 is 2.07 bits per heavy atom. The molecule has 1 aliphatic rings.